The van der Waals surface area contributed by atoms with E-state index >= 15 is 0 Å². The van der Waals surface area contributed by atoms with Gasteiger partial charge in [0.15, 0.2) is 0 Å². The van der Waals surface area contributed by atoms with Crippen LogP contribution in [-0.4, -0.2) is 67.8 Å². The van der Waals surface area contributed by atoms with Crippen LogP contribution in [0.25, 0.3) is 0 Å². The van der Waals surface area contributed by atoms with Crippen molar-refractivity contribution in [1.82, 2.24) is 15.5 Å². The van der Waals surface area contributed by atoms with Gasteiger partial charge in [0.05, 0.1) is 12.1 Å². The predicted molar refractivity (Wildman–Crippen MR) is 122 cm³/mol. The molecule has 2 saturated heterocycles. The van der Waals surface area contributed by atoms with Crippen molar-refractivity contribution < 1.29 is 18.7 Å². The van der Waals surface area contributed by atoms with Crippen LogP contribution >= 0.6 is 0 Å². The van der Waals surface area contributed by atoms with Gasteiger partial charge in [-0.2, -0.15) is 0 Å². The highest BCUT2D eigenvalue weighted by Crippen LogP contribution is 2.35. The number of alkyl halides is 1. The average Bonchev–Trinajstić information content (AvgIpc) is 3.26. The zero-order valence-electron chi connectivity index (χ0n) is 19.9. The van der Waals surface area contributed by atoms with Gasteiger partial charge in [-0.1, -0.05) is 6.92 Å². The number of likely N-dealkylation sites (tertiary alicyclic amines) is 1. The number of piperidine rings is 1. The Morgan fingerprint density at radius 3 is 2.47 bits per heavy atom. The van der Waals surface area contributed by atoms with Gasteiger partial charge in [0, 0.05) is 38.7 Å². The molecule has 2 heterocycles. The zero-order valence-corrected chi connectivity index (χ0v) is 19.9. The highest BCUT2D eigenvalue weighted by Gasteiger charge is 2.42. The summed E-state index contributed by atoms with van der Waals surface area (Å²) in [4.78, 5) is 27.8. The molecule has 2 aliphatic carbocycles. The molecule has 2 N–H and O–H groups in total. The van der Waals surface area contributed by atoms with Crippen molar-refractivity contribution in [2.75, 3.05) is 26.7 Å². The second kappa shape index (κ2) is 10.8. The summed E-state index contributed by atoms with van der Waals surface area (Å²) < 4.78 is 18.8. The number of methoxy groups -OCH3 is 1. The lowest BCUT2D eigenvalue weighted by molar-refractivity contribution is -0.135. The van der Waals surface area contributed by atoms with Gasteiger partial charge in [0.1, 0.15) is 6.17 Å². The smallest absolute Gasteiger partial charge is 0.239 e. The number of hydrogen-bond acceptors (Lipinski definition) is 4. The molecule has 4 aliphatic rings. The second-order valence-electron chi connectivity index (χ2n) is 10.8. The average molecular weight is 452 g/mol. The summed E-state index contributed by atoms with van der Waals surface area (Å²) in [5.74, 6) is 1.65. The van der Waals surface area contributed by atoms with Crippen LogP contribution in [0.2, 0.25) is 0 Å². The summed E-state index contributed by atoms with van der Waals surface area (Å²) >= 11 is 0. The third-order valence-electron chi connectivity index (χ3n) is 8.84. The summed E-state index contributed by atoms with van der Waals surface area (Å²) in [6.45, 7) is 4.18. The van der Waals surface area contributed by atoms with E-state index in [1.54, 1.807) is 7.11 Å². The second-order valence-corrected chi connectivity index (χ2v) is 10.8. The molecule has 2 amide bonds. The molecule has 6 nitrogen and oxygen atoms in total. The number of nitrogens with zero attached hydrogens (tertiary/aromatic N) is 1. The number of halogens is 1. The molecule has 0 aromatic rings. The first-order chi connectivity index (χ1) is 15.4. The Morgan fingerprint density at radius 1 is 1.06 bits per heavy atom. The van der Waals surface area contributed by atoms with Crippen LogP contribution in [0.3, 0.4) is 0 Å². The van der Waals surface area contributed by atoms with E-state index < -0.39 is 6.17 Å². The maximum Gasteiger partial charge on any atom is 0.239 e. The lowest BCUT2D eigenvalue weighted by Crippen LogP contribution is -2.49. The summed E-state index contributed by atoms with van der Waals surface area (Å²) in [7, 11) is 1.78. The molecule has 5 atom stereocenters. The first-order valence-electron chi connectivity index (χ1n) is 12.9. The summed E-state index contributed by atoms with van der Waals surface area (Å²) in [5.41, 5.74) is 0. The van der Waals surface area contributed by atoms with Crippen molar-refractivity contribution in [3.05, 3.63) is 0 Å². The highest BCUT2D eigenvalue weighted by atomic mass is 19.1. The Labute approximate surface area is 192 Å². The normalized spacial score (nSPS) is 37.0. The maximum atomic E-state index is 13.3. The van der Waals surface area contributed by atoms with Gasteiger partial charge < -0.3 is 20.3 Å². The van der Waals surface area contributed by atoms with Crippen molar-refractivity contribution in [3.8, 4) is 0 Å². The van der Waals surface area contributed by atoms with Crippen molar-refractivity contribution in [2.45, 2.75) is 95.5 Å². The first kappa shape index (κ1) is 23.9. The number of hydrogen-bond donors (Lipinski definition) is 2. The lowest BCUT2D eigenvalue weighted by atomic mass is 9.83. The molecule has 7 heteroatoms. The van der Waals surface area contributed by atoms with Crippen LogP contribution in [0, 0.1) is 23.7 Å². The Morgan fingerprint density at radius 2 is 1.78 bits per heavy atom. The van der Waals surface area contributed by atoms with Crippen LogP contribution < -0.4 is 10.6 Å². The monoisotopic (exact) mass is 451 g/mol. The molecule has 32 heavy (non-hydrogen) atoms. The van der Waals surface area contributed by atoms with E-state index in [0.717, 1.165) is 64.5 Å². The van der Waals surface area contributed by atoms with Crippen LogP contribution in [0.15, 0.2) is 0 Å². The Bertz CT molecular complexity index is 646. The molecule has 0 aromatic carbocycles. The third kappa shape index (κ3) is 5.64. The SMILES string of the molecule is COC1CCC2CC(C(=O)N3CCC(C(C)C(=O)NCC4CCC(F)CC4)CC3)NC2C1. The minimum Gasteiger partial charge on any atom is -0.381 e. The molecule has 5 unspecified atom stereocenters. The minimum atomic E-state index is -0.653. The fraction of sp³-hybridized carbons (Fsp3) is 0.920. The fourth-order valence-electron chi connectivity index (χ4n) is 6.48. The number of ether oxygens (including phenoxy) is 1. The van der Waals surface area contributed by atoms with Crippen LogP contribution in [0.4, 0.5) is 4.39 Å². The molecule has 0 spiro atoms. The molecular formula is C25H42FN3O3. The number of carbonyl (C=O) groups is 2. The quantitative estimate of drug-likeness (QED) is 0.651. The Hall–Kier alpha value is -1.21. The van der Waals surface area contributed by atoms with Gasteiger partial charge in [0.2, 0.25) is 11.8 Å². The van der Waals surface area contributed by atoms with Gasteiger partial charge in [-0.3, -0.25) is 9.59 Å². The van der Waals surface area contributed by atoms with Crippen molar-refractivity contribution in [1.29, 1.82) is 0 Å². The van der Waals surface area contributed by atoms with Crippen LogP contribution in [-0.2, 0) is 14.3 Å². The van der Waals surface area contributed by atoms with Crippen molar-refractivity contribution >= 4 is 11.8 Å². The largest absolute Gasteiger partial charge is 0.381 e. The Balaban J connectivity index is 1.18. The van der Waals surface area contributed by atoms with Crippen molar-refractivity contribution in [3.63, 3.8) is 0 Å². The van der Waals surface area contributed by atoms with Gasteiger partial charge in [-0.15, -0.1) is 0 Å². The zero-order chi connectivity index (χ0) is 22.7. The molecule has 182 valence electrons. The van der Waals surface area contributed by atoms with E-state index in [0.29, 0.717) is 49.3 Å². The molecule has 0 bridgehead atoms. The van der Waals surface area contributed by atoms with Gasteiger partial charge in [-0.25, -0.2) is 4.39 Å². The van der Waals surface area contributed by atoms with Crippen molar-refractivity contribution in [2.24, 2.45) is 23.7 Å². The molecule has 0 radical (unpaired) electrons. The van der Waals surface area contributed by atoms with Crippen LogP contribution in [0.5, 0.6) is 0 Å². The number of rotatable bonds is 6. The predicted octanol–water partition coefficient (Wildman–Crippen LogP) is 3.05. The van der Waals surface area contributed by atoms with E-state index in [1.165, 1.54) is 0 Å². The number of nitrogens with one attached hydrogen (secondary N) is 2. The number of carbonyl (C=O) groups excluding carboxylic acids is 2. The molecule has 2 aliphatic heterocycles. The van der Waals surface area contributed by atoms with Gasteiger partial charge >= 0.3 is 0 Å². The molecule has 2 saturated carbocycles. The van der Waals surface area contributed by atoms with E-state index in [2.05, 4.69) is 10.6 Å². The third-order valence-corrected chi connectivity index (χ3v) is 8.84. The maximum absolute atomic E-state index is 13.3. The standard InChI is InChI=1S/C25H42FN3O3/c1-16(24(30)27-15-17-3-6-20(26)7-4-17)18-9-11-29(12-10-18)25(31)23-13-19-5-8-21(32-2)14-22(19)28-23/h16-23,28H,3-15H2,1-2H3,(H,27,30). The minimum absolute atomic E-state index is 0.0387. The topological polar surface area (TPSA) is 70.7 Å². The summed E-state index contributed by atoms with van der Waals surface area (Å²) in [5, 5.41) is 6.72. The van der Waals surface area contributed by atoms with E-state index in [-0.39, 0.29) is 23.8 Å². The number of fused-ring (bicyclic) bond motifs is 1. The van der Waals surface area contributed by atoms with Gasteiger partial charge in [0.25, 0.3) is 0 Å². The summed E-state index contributed by atoms with van der Waals surface area (Å²) in [6, 6.07) is 0.348. The molecular weight excluding hydrogens is 409 g/mol. The van der Waals surface area contributed by atoms with Gasteiger partial charge in [-0.05, 0) is 82.0 Å². The molecule has 0 aromatic heterocycles. The van der Waals surface area contributed by atoms with E-state index in [4.69, 9.17) is 4.74 Å². The molecule has 4 rings (SSSR count). The van der Waals surface area contributed by atoms with Crippen LogP contribution in [0.1, 0.15) is 71.1 Å². The van der Waals surface area contributed by atoms with E-state index in [9.17, 15) is 14.0 Å². The lowest BCUT2D eigenvalue weighted by Gasteiger charge is -2.36. The Kier molecular flexibility index (Phi) is 8.09. The summed E-state index contributed by atoms with van der Waals surface area (Å²) in [6.07, 6.45) is 8.65. The fourth-order valence-corrected chi connectivity index (χ4v) is 6.48. The first-order valence-corrected chi connectivity index (χ1v) is 12.9. The highest BCUT2D eigenvalue weighted by molar-refractivity contribution is 5.82. The molecule has 4 fully saturated rings. The number of amides is 2. The van der Waals surface area contributed by atoms with E-state index in [1.807, 2.05) is 11.8 Å².